The standard InChI is InChI=1S/C63H81N19O16S/c64-52(85)27-71-62(96)50-13-7-17-82(50)63(97)42(12-5-6-16-68-49(30-99)51(84)29-98-65)75-56(90)43(18-33-23-69-39-10-3-1-8-37(33)39)77-60(94)47(22-54(87)88)80-59(93)46(21-36-26-67-32-73-36)79-61(95)48(28-83)81-57(91)44(19-34-24-70-40-11-4-2-9-38(34)40)76-58(92)45(20-35-25-66-31-72-35)78-55(89)41-14-15-53(86)74-41/h1-4,8-11,23-26,31-32,41-50,68-70,83,99H,5-7,12-22,27-30,65H2,(H2,64,85)(H,66,72)(H,67,73)(H,71,96)(H,74,86)(H,75,90)(H,76,92)(H,77,94)(H,78,89)(H,79,95)(H,80,93)(H,81,91)(H,87,88)/t41-,42-,43-,44-,45-,46-,47-,48-,49-,50-/m0/s1. The maximum absolute atomic E-state index is 15.0. The molecule has 0 bridgehead atoms. The Balaban J connectivity index is 1.02. The number of nitrogens with one attached hydrogen (secondary N) is 14. The highest BCUT2D eigenvalue weighted by Crippen LogP contribution is 2.24. The fraction of sp³-hybridized carbons (Fsp3) is 0.444. The van der Waals surface area contributed by atoms with Crippen LogP contribution >= 0.6 is 12.6 Å². The number of ketones is 1. The van der Waals surface area contributed by atoms with Gasteiger partial charge in [0.2, 0.25) is 65.0 Å². The summed E-state index contributed by atoms with van der Waals surface area (Å²) in [6.45, 7) is -1.67. The second kappa shape index (κ2) is 36.1. The van der Waals surface area contributed by atoms with Gasteiger partial charge in [0.05, 0.1) is 38.3 Å². The zero-order chi connectivity index (χ0) is 71.1. The average molecular weight is 1390 g/mol. The molecule has 6 heterocycles. The fourth-order valence-corrected chi connectivity index (χ4v) is 12.0. The first-order valence-electron chi connectivity index (χ1n) is 32.0. The number of para-hydroxylation sites is 2. The summed E-state index contributed by atoms with van der Waals surface area (Å²) in [5.41, 5.74) is 8.25. The Morgan fingerprint density at radius 2 is 1.15 bits per heavy atom. The summed E-state index contributed by atoms with van der Waals surface area (Å²) in [6, 6.07) is -0.213. The molecule has 35 nitrogen and oxygen atoms in total. The number of amides is 11. The van der Waals surface area contributed by atoms with Crippen LogP contribution in [0.3, 0.4) is 0 Å². The van der Waals surface area contributed by atoms with Crippen LogP contribution in [0.5, 0.6) is 0 Å². The van der Waals surface area contributed by atoms with Crippen LogP contribution in [0.15, 0.2) is 86.0 Å². The second-order valence-corrected chi connectivity index (χ2v) is 24.3. The van der Waals surface area contributed by atoms with Crippen molar-refractivity contribution >= 4 is 111 Å². The highest BCUT2D eigenvalue weighted by Gasteiger charge is 2.41. The molecule has 530 valence electrons. The molecule has 8 rings (SSSR count). The van der Waals surface area contributed by atoms with E-state index in [9.17, 15) is 72.5 Å². The van der Waals surface area contributed by atoms with E-state index < -0.39 is 151 Å². The van der Waals surface area contributed by atoms with Crippen LogP contribution in [-0.4, -0.2) is 221 Å². The summed E-state index contributed by atoms with van der Waals surface area (Å²) in [4.78, 5) is 204. The number of rotatable bonds is 39. The van der Waals surface area contributed by atoms with Gasteiger partial charge in [0.1, 0.15) is 61.0 Å². The molecule has 10 atom stereocenters. The normalized spacial score (nSPS) is 16.8. The molecule has 0 radical (unpaired) electrons. The van der Waals surface area contributed by atoms with Crippen molar-refractivity contribution in [2.75, 3.05) is 38.6 Å². The lowest BCUT2D eigenvalue weighted by atomic mass is 10.0. The molecule has 11 amide bonds. The minimum Gasteiger partial charge on any atom is -0.481 e. The SMILES string of the molecule is NOCC(=O)[C@H](CS)NCCCC[C@H](NC(=O)[C@H](Cc1c[nH]c2ccccc12)NC(=O)[C@H](CC(=O)O)NC(=O)[C@H](Cc1cnc[nH]1)NC(=O)[C@H](CO)NC(=O)[C@H](Cc1c[nH]c2ccccc12)NC(=O)[C@H](Cc1cnc[nH]1)NC(=O)[C@@H]1CCC(=O)N1)C(=O)N1CCC[C@H]1C(=O)NCC(N)=O. The number of aliphatic hydroxyl groups is 1. The van der Waals surface area contributed by atoms with Gasteiger partial charge in [-0.05, 0) is 68.3 Å². The molecule has 99 heavy (non-hydrogen) atoms. The van der Waals surface area contributed by atoms with E-state index in [1.54, 1.807) is 60.9 Å². The number of likely N-dealkylation sites (tertiary alicyclic amines) is 1. The van der Waals surface area contributed by atoms with Gasteiger partial charge in [-0.15, -0.1) is 0 Å². The number of aliphatic carboxylic acids is 1. The lowest BCUT2D eigenvalue weighted by Crippen LogP contribution is -2.61. The first kappa shape index (κ1) is 74.2. The van der Waals surface area contributed by atoms with Crippen LogP contribution in [-0.2, 0) is 92.8 Å². The molecule has 0 aliphatic carbocycles. The first-order chi connectivity index (χ1) is 47.6. The molecular weight excluding hydrogens is 1310 g/mol. The number of Topliss-reactive ketones (excluding diaryl/α,β-unsaturated/α-hetero) is 1. The van der Waals surface area contributed by atoms with E-state index >= 15 is 0 Å². The topological polar surface area (TPSA) is 536 Å². The number of fused-ring (bicyclic) bond motifs is 2. The van der Waals surface area contributed by atoms with Gasteiger partial charge < -0.3 is 94.0 Å². The number of carboxylic acids is 1. The van der Waals surface area contributed by atoms with Crippen molar-refractivity contribution < 1.29 is 77.4 Å². The van der Waals surface area contributed by atoms with Gasteiger partial charge in [-0.3, -0.25) is 67.2 Å². The van der Waals surface area contributed by atoms with E-state index in [4.69, 9.17) is 11.6 Å². The third-order valence-electron chi connectivity index (χ3n) is 16.8. The van der Waals surface area contributed by atoms with Crippen molar-refractivity contribution in [1.82, 2.24) is 88.0 Å². The Morgan fingerprint density at radius 1 is 0.636 bits per heavy atom. The molecule has 0 spiro atoms. The number of H-pyrrole nitrogens is 4. The number of nitrogens with zero attached hydrogens (tertiary/aromatic N) is 3. The molecule has 2 aromatic carbocycles. The first-order valence-corrected chi connectivity index (χ1v) is 32.6. The largest absolute Gasteiger partial charge is 0.481 e. The van der Waals surface area contributed by atoms with Gasteiger partial charge in [-0.25, -0.2) is 15.9 Å². The smallest absolute Gasteiger partial charge is 0.305 e. The van der Waals surface area contributed by atoms with Crippen LogP contribution in [0.25, 0.3) is 21.8 Å². The Kier molecular flexibility index (Phi) is 27.1. The van der Waals surface area contributed by atoms with Crippen LogP contribution in [0.1, 0.15) is 73.9 Å². The lowest BCUT2D eigenvalue weighted by molar-refractivity contribution is -0.143. The highest BCUT2D eigenvalue weighted by molar-refractivity contribution is 7.80. The van der Waals surface area contributed by atoms with Gasteiger partial charge in [0, 0.05) is 102 Å². The molecule has 2 aliphatic heterocycles. The average Bonchev–Trinajstić information content (AvgIpc) is 1.75. The molecule has 2 saturated heterocycles. The molecule has 0 unspecified atom stereocenters. The van der Waals surface area contributed by atoms with Gasteiger partial charge >= 0.3 is 5.97 Å². The van der Waals surface area contributed by atoms with E-state index in [-0.39, 0.29) is 94.2 Å². The summed E-state index contributed by atoms with van der Waals surface area (Å²) in [6.07, 6.45) is 7.68. The van der Waals surface area contributed by atoms with Crippen molar-refractivity contribution in [1.29, 1.82) is 0 Å². The molecule has 2 fully saturated rings. The van der Waals surface area contributed by atoms with E-state index in [0.29, 0.717) is 51.5 Å². The Bertz CT molecular complexity index is 3850. The van der Waals surface area contributed by atoms with Crippen LogP contribution in [0, 0.1) is 0 Å². The number of aliphatic hydroxyl groups excluding tert-OH is 1. The summed E-state index contributed by atoms with van der Waals surface area (Å²) < 4.78 is 0. The Morgan fingerprint density at radius 3 is 1.66 bits per heavy atom. The zero-order valence-electron chi connectivity index (χ0n) is 53.6. The van der Waals surface area contributed by atoms with E-state index in [2.05, 4.69) is 101 Å². The summed E-state index contributed by atoms with van der Waals surface area (Å²) in [5, 5.41) is 48.3. The number of nitrogens with two attached hydrogens (primary N) is 2. The molecule has 0 saturated carbocycles. The number of carbonyl (C=O) groups is 13. The molecule has 6 aromatic rings. The number of benzene rings is 2. The van der Waals surface area contributed by atoms with Crippen LogP contribution in [0.4, 0.5) is 0 Å². The maximum atomic E-state index is 15.0. The third kappa shape index (κ3) is 21.0. The number of imidazole rings is 2. The van der Waals surface area contributed by atoms with E-state index in [1.807, 2.05) is 0 Å². The van der Waals surface area contributed by atoms with Gasteiger partial charge in [-0.2, -0.15) is 12.6 Å². The Labute approximate surface area is 570 Å². The third-order valence-corrected chi connectivity index (χ3v) is 17.2. The van der Waals surface area contributed by atoms with Crippen LogP contribution < -0.4 is 64.8 Å². The monoisotopic (exact) mass is 1390 g/mol. The van der Waals surface area contributed by atoms with Crippen LogP contribution in [0.2, 0.25) is 0 Å². The minimum absolute atomic E-state index is 0.0552. The number of carbonyl (C=O) groups excluding carboxylic acids is 12. The molecule has 2 aliphatic rings. The minimum atomic E-state index is -2.01. The number of aromatic amines is 4. The van der Waals surface area contributed by atoms with Crippen molar-refractivity contribution in [2.45, 2.75) is 137 Å². The van der Waals surface area contributed by atoms with Crippen molar-refractivity contribution in [3.05, 3.63) is 108 Å². The predicted octanol–water partition coefficient (Wildman–Crippen LogP) is -4.38. The zero-order valence-corrected chi connectivity index (χ0v) is 54.5. The summed E-state index contributed by atoms with van der Waals surface area (Å²) in [5.74, 6) is -6.37. The van der Waals surface area contributed by atoms with Gasteiger partial charge in [-0.1, -0.05) is 36.4 Å². The van der Waals surface area contributed by atoms with Gasteiger partial charge in [0.15, 0.2) is 5.78 Å². The van der Waals surface area contributed by atoms with Gasteiger partial charge in [0.25, 0.3) is 0 Å². The molecule has 4 aromatic heterocycles. The lowest BCUT2D eigenvalue weighted by Gasteiger charge is -2.30. The van der Waals surface area contributed by atoms with E-state index in [0.717, 1.165) is 0 Å². The molecular formula is C63H81N19O16S. The van der Waals surface area contributed by atoms with Crippen molar-refractivity contribution in [3.63, 3.8) is 0 Å². The maximum Gasteiger partial charge on any atom is 0.305 e. The number of hydrogen-bond donors (Lipinski definition) is 19. The van der Waals surface area contributed by atoms with Crippen molar-refractivity contribution in [2.24, 2.45) is 11.6 Å². The highest BCUT2D eigenvalue weighted by atomic mass is 32.1. The predicted molar refractivity (Wildman–Crippen MR) is 354 cm³/mol. The van der Waals surface area contributed by atoms with Crippen molar-refractivity contribution in [3.8, 4) is 0 Å². The molecule has 20 N–H and O–H groups in total. The number of primary amides is 1. The number of unbranched alkanes of at least 4 members (excludes halogenated alkanes) is 1. The number of carboxylic acid groups (broad SMARTS) is 1. The van der Waals surface area contributed by atoms with E-state index in [1.165, 1.54) is 29.9 Å². The summed E-state index contributed by atoms with van der Waals surface area (Å²) in [7, 11) is 0. The Hall–Kier alpha value is -10.6. The second-order valence-electron chi connectivity index (χ2n) is 23.9. The fourth-order valence-electron chi connectivity index (χ4n) is 11.7. The summed E-state index contributed by atoms with van der Waals surface area (Å²) >= 11 is 4.24. The number of hydrogen-bond acceptors (Lipinski definition) is 20. The quantitative estimate of drug-likeness (QED) is 0.00984. The number of thiol groups is 1. The number of aromatic nitrogens is 6. The molecule has 36 heteroatoms.